The smallest absolute Gasteiger partial charge is 0.0998 e. The van der Waals surface area contributed by atoms with Crippen molar-refractivity contribution in [2.45, 2.75) is 0 Å². The minimum absolute atomic E-state index is 0.555. The number of hydrogen-bond donors (Lipinski definition) is 0. The molecule has 302 valence electrons. The standard InChI is InChI=1S/C60H42N4/c61-43-51(47-33-37-55(38-34-47)63(53-21-9-3-10-22-53)59-27-15-13-25-57(59)49-17-5-1-6-18-49)41-45-29-31-46(32-30-45)42-52(44-62)48-35-39-56(40-36-48)64(54-23-11-4-12-24-54)60-28-16-14-26-58(60)50-19-7-2-8-20-50/h1-42H. The zero-order chi connectivity index (χ0) is 43.5. The number of hydrogen-bond acceptors (Lipinski definition) is 4. The van der Waals surface area contributed by atoms with Crippen LogP contribution in [0.3, 0.4) is 0 Å². The molecule has 0 aliphatic heterocycles. The van der Waals surface area contributed by atoms with Crippen LogP contribution in [0.1, 0.15) is 22.3 Å². The van der Waals surface area contributed by atoms with Crippen molar-refractivity contribution in [3.63, 3.8) is 0 Å². The molecule has 9 aromatic rings. The molecule has 64 heavy (non-hydrogen) atoms. The molecule has 0 aromatic heterocycles. The molecule has 0 aliphatic rings. The molecule has 0 spiro atoms. The Morgan fingerprint density at radius 1 is 0.312 bits per heavy atom. The van der Waals surface area contributed by atoms with Crippen molar-refractivity contribution in [3.05, 3.63) is 265 Å². The summed E-state index contributed by atoms with van der Waals surface area (Å²) in [7, 11) is 0. The molecule has 0 N–H and O–H groups in total. The molecule has 4 heteroatoms. The lowest BCUT2D eigenvalue weighted by molar-refractivity contribution is 1.28. The fourth-order valence-electron chi connectivity index (χ4n) is 8.03. The Bertz CT molecular complexity index is 2910. The summed E-state index contributed by atoms with van der Waals surface area (Å²) in [6.07, 6.45) is 3.81. The summed E-state index contributed by atoms with van der Waals surface area (Å²) in [5.74, 6) is 0. The third-order valence-corrected chi connectivity index (χ3v) is 11.2. The second-order valence-electron chi connectivity index (χ2n) is 15.2. The molecule has 0 radical (unpaired) electrons. The molecule has 0 unspecified atom stereocenters. The topological polar surface area (TPSA) is 54.1 Å². The van der Waals surface area contributed by atoms with E-state index in [1.54, 1.807) is 0 Å². The molecule has 0 aliphatic carbocycles. The number of nitrogens with zero attached hydrogens (tertiary/aromatic N) is 4. The number of rotatable bonds is 12. The lowest BCUT2D eigenvalue weighted by Crippen LogP contribution is -2.11. The van der Waals surface area contributed by atoms with Gasteiger partial charge in [-0.2, -0.15) is 10.5 Å². The SMILES string of the molecule is N#CC(=Cc1ccc(C=C(C#N)c2ccc(N(c3ccccc3)c3ccccc3-c3ccccc3)cc2)cc1)c1ccc(N(c2ccccc2)c2ccccc2-c2ccccc2)cc1. The predicted octanol–water partition coefficient (Wildman–Crippen LogP) is 16.1. The number of nitriles is 2. The van der Waals surface area contributed by atoms with Crippen molar-refractivity contribution in [1.82, 2.24) is 0 Å². The van der Waals surface area contributed by atoms with Gasteiger partial charge < -0.3 is 9.80 Å². The first kappa shape index (κ1) is 40.4. The zero-order valence-corrected chi connectivity index (χ0v) is 35.0. The summed E-state index contributed by atoms with van der Waals surface area (Å²) in [5.41, 5.74) is 15.2. The fraction of sp³-hybridized carbons (Fsp3) is 0. The van der Waals surface area contributed by atoms with Gasteiger partial charge in [-0.25, -0.2) is 0 Å². The third-order valence-electron chi connectivity index (χ3n) is 11.2. The lowest BCUT2D eigenvalue weighted by atomic mass is 9.99. The number of para-hydroxylation sites is 4. The van der Waals surface area contributed by atoms with E-state index in [0.29, 0.717) is 11.1 Å². The van der Waals surface area contributed by atoms with Crippen LogP contribution in [0.25, 0.3) is 45.6 Å². The molecule has 0 amide bonds. The molecule has 0 fully saturated rings. The van der Waals surface area contributed by atoms with Gasteiger partial charge in [0.15, 0.2) is 0 Å². The highest BCUT2D eigenvalue weighted by atomic mass is 15.1. The maximum absolute atomic E-state index is 10.3. The van der Waals surface area contributed by atoms with Crippen LogP contribution in [0, 0.1) is 22.7 Å². The van der Waals surface area contributed by atoms with E-state index in [-0.39, 0.29) is 0 Å². The van der Waals surface area contributed by atoms with Crippen LogP contribution in [-0.2, 0) is 0 Å². The predicted molar refractivity (Wildman–Crippen MR) is 267 cm³/mol. The Hall–Kier alpha value is -8.96. The van der Waals surface area contributed by atoms with Crippen molar-refractivity contribution >= 4 is 57.4 Å². The first-order valence-electron chi connectivity index (χ1n) is 21.2. The molecular formula is C60H42N4. The van der Waals surface area contributed by atoms with E-state index in [9.17, 15) is 10.5 Å². The quantitative estimate of drug-likeness (QED) is 0.0910. The Labute approximate surface area is 375 Å². The lowest BCUT2D eigenvalue weighted by Gasteiger charge is -2.28. The van der Waals surface area contributed by atoms with Crippen molar-refractivity contribution in [3.8, 4) is 34.4 Å². The Morgan fingerprint density at radius 3 is 0.953 bits per heavy atom. The van der Waals surface area contributed by atoms with E-state index in [0.717, 1.165) is 78.6 Å². The molecular weight excluding hydrogens is 777 g/mol. The van der Waals surface area contributed by atoms with E-state index in [1.165, 1.54) is 0 Å². The normalized spacial score (nSPS) is 11.3. The van der Waals surface area contributed by atoms with Crippen LogP contribution >= 0.6 is 0 Å². The minimum atomic E-state index is 0.555. The van der Waals surface area contributed by atoms with Gasteiger partial charge >= 0.3 is 0 Å². The van der Waals surface area contributed by atoms with Crippen LogP contribution in [0.5, 0.6) is 0 Å². The average Bonchev–Trinajstić information content (AvgIpc) is 3.37. The second-order valence-corrected chi connectivity index (χ2v) is 15.2. The van der Waals surface area contributed by atoms with E-state index < -0.39 is 0 Å². The summed E-state index contributed by atoms with van der Waals surface area (Å²) >= 11 is 0. The van der Waals surface area contributed by atoms with Crippen LogP contribution in [0.15, 0.2) is 243 Å². The van der Waals surface area contributed by atoms with Gasteiger partial charge in [0, 0.05) is 33.9 Å². The van der Waals surface area contributed by atoms with Gasteiger partial charge in [0.2, 0.25) is 0 Å². The summed E-state index contributed by atoms with van der Waals surface area (Å²) in [4.78, 5) is 4.51. The van der Waals surface area contributed by atoms with Crippen molar-refractivity contribution in [2.24, 2.45) is 0 Å². The highest BCUT2D eigenvalue weighted by Crippen LogP contribution is 2.42. The van der Waals surface area contributed by atoms with Crippen LogP contribution < -0.4 is 9.80 Å². The fourth-order valence-corrected chi connectivity index (χ4v) is 8.03. The van der Waals surface area contributed by atoms with E-state index in [4.69, 9.17) is 0 Å². The summed E-state index contributed by atoms with van der Waals surface area (Å²) in [6, 6.07) is 87.5. The largest absolute Gasteiger partial charge is 0.310 e. The summed E-state index contributed by atoms with van der Waals surface area (Å²) < 4.78 is 0. The highest BCUT2D eigenvalue weighted by Gasteiger charge is 2.19. The Morgan fingerprint density at radius 2 is 0.609 bits per heavy atom. The van der Waals surface area contributed by atoms with Crippen molar-refractivity contribution in [2.75, 3.05) is 9.80 Å². The maximum atomic E-state index is 10.3. The van der Waals surface area contributed by atoms with Crippen LogP contribution in [0.4, 0.5) is 34.1 Å². The van der Waals surface area contributed by atoms with Gasteiger partial charge in [-0.05, 0) is 106 Å². The molecule has 0 atom stereocenters. The van der Waals surface area contributed by atoms with Gasteiger partial charge in [-0.3, -0.25) is 0 Å². The van der Waals surface area contributed by atoms with E-state index >= 15 is 0 Å². The molecule has 0 heterocycles. The van der Waals surface area contributed by atoms with Crippen molar-refractivity contribution in [1.29, 1.82) is 10.5 Å². The maximum Gasteiger partial charge on any atom is 0.0998 e. The highest BCUT2D eigenvalue weighted by molar-refractivity contribution is 5.94. The second kappa shape index (κ2) is 19.2. The molecule has 0 saturated heterocycles. The van der Waals surface area contributed by atoms with Gasteiger partial charge in [0.1, 0.15) is 0 Å². The summed E-state index contributed by atoms with van der Waals surface area (Å²) in [6.45, 7) is 0. The van der Waals surface area contributed by atoms with Gasteiger partial charge in [-0.15, -0.1) is 0 Å². The van der Waals surface area contributed by atoms with E-state index in [2.05, 4.69) is 168 Å². The first-order chi connectivity index (χ1) is 31.7. The zero-order valence-electron chi connectivity index (χ0n) is 35.0. The first-order valence-corrected chi connectivity index (χ1v) is 21.2. The van der Waals surface area contributed by atoms with E-state index in [1.807, 2.05) is 109 Å². The molecule has 0 saturated carbocycles. The number of benzene rings is 9. The van der Waals surface area contributed by atoms with Crippen LogP contribution in [0.2, 0.25) is 0 Å². The molecule has 9 rings (SSSR count). The third kappa shape index (κ3) is 8.90. The monoisotopic (exact) mass is 818 g/mol. The van der Waals surface area contributed by atoms with Crippen LogP contribution in [-0.4, -0.2) is 0 Å². The number of allylic oxidation sites excluding steroid dienone is 2. The van der Waals surface area contributed by atoms with Gasteiger partial charge in [0.05, 0.1) is 34.7 Å². The molecule has 4 nitrogen and oxygen atoms in total. The Balaban J connectivity index is 0.961. The van der Waals surface area contributed by atoms with Crippen molar-refractivity contribution < 1.29 is 0 Å². The minimum Gasteiger partial charge on any atom is -0.310 e. The van der Waals surface area contributed by atoms with Gasteiger partial charge in [-0.1, -0.05) is 182 Å². The Kier molecular flexibility index (Phi) is 12.1. The molecule has 0 bridgehead atoms. The summed E-state index contributed by atoms with van der Waals surface area (Å²) in [5, 5.41) is 20.7. The average molecular weight is 819 g/mol. The number of anilines is 6. The molecule has 9 aromatic carbocycles. The van der Waals surface area contributed by atoms with Gasteiger partial charge in [0.25, 0.3) is 0 Å².